The lowest BCUT2D eigenvalue weighted by Gasteiger charge is -2.00. The van der Waals surface area contributed by atoms with E-state index in [9.17, 15) is 14.4 Å². The number of H-pyrrole nitrogens is 2. The van der Waals surface area contributed by atoms with E-state index in [0.717, 1.165) is 11.3 Å². The number of aromatic amines is 2. The van der Waals surface area contributed by atoms with Crippen molar-refractivity contribution in [3.63, 3.8) is 0 Å². The average Bonchev–Trinajstić information content (AvgIpc) is 2.74. The Bertz CT molecular complexity index is 1100. The molecule has 2 aromatic carbocycles. The van der Waals surface area contributed by atoms with Gasteiger partial charge in [0, 0.05) is 11.6 Å². The Hall–Kier alpha value is -3.63. The van der Waals surface area contributed by atoms with Crippen molar-refractivity contribution in [3.8, 4) is 11.3 Å². The van der Waals surface area contributed by atoms with Gasteiger partial charge in [-0.15, -0.1) is 0 Å². The van der Waals surface area contributed by atoms with Gasteiger partial charge in [0.15, 0.2) is 15.7 Å². The predicted molar refractivity (Wildman–Crippen MR) is 131 cm³/mol. The van der Waals surface area contributed by atoms with E-state index < -0.39 is 5.97 Å². The second-order valence-corrected chi connectivity index (χ2v) is 6.92. The summed E-state index contributed by atoms with van der Waals surface area (Å²) in [4.78, 5) is 39.0. The highest BCUT2D eigenvalue weighted by atomic mass is 32.1. The predicted octanol–water partition coefficient (Wildman–Crippen LogP) is 3.11. The van der Waals surface area contributed by atoms with Crippen LogP contribution in [0.1, 0.15) is 23.7 Å². The average molecular weight is 473 g/mol. The van der Waals surface area contributed by atoms with Crippen LogP contribution in [0.3, 0.4) is 0 Å². The van der Waals surface area contributed by atoms with E-state index in [4.69, 9.17) is 12.2 Å². The minimum absolute atomic E-state index is 0.000000000000000222. The molecule has 0 atom stereocenters. The molecule has 0 bridgehead atoms. The number of Topliss-reactive ketones (excluding diaryl/α,β-unsaturated/α-hetero) is 1. The van der Waals surface area contributed by atoms with Crippen LogP contribution in [0.4, 0.5) is 0 Å². The Morgan fingerprint density at radius 2 is 1.50 bits per heavy atom. The molecule has 6 N–H and O–H groups in total. The smallest absolute Gasteiger partial charge is 0.313 e. The van der Waals surface area contributed by atoms with Gasteiger partial charge in [0.2, 0.25) is 0 Å². The number of benzene rings is 2. The van der Waals surface area contributed by atoms with Crippen molar-refractivity contribution in [3.05, 3.63) is 87.4 Å². The number of aromatic nitrogens is 2. The summed E-state index contributed by atoms with van der Waals surface area (Å²) in [6.07, 6.45) is -0.183. The van der Waals surface area contributed by atoms with Gasteiger partial charge >= 0.3 is 5.97 Å². The molecule has 1 heterocycles. The van der Waals surface area contributed by atoms with Gasteiger partial charge in [0.25, 0.3) is 5.56 Å². The molecule has 1 aromatic heterocycles. The number of nitrogens with one attached hydrogen (secondary N) is 2. The van der Waals surface area contributed by atoms with E-state index in [1.165, 1.54) is 6.07 Å². The van der Waals surface area contributed by atoms with E-state index in [2.05, 4.69) is 38.4 Å². The maximum absolute atomic E-state index is 11.4. The Morgan fingerprint density at radius 1 is 0.969 bits per heavy atom. The van der Waals surface area contributed by atoms with Gasteiger partial charge < -0.3 is 21.2 Å². The standard InChI is InChI=1S/C11H12O3.C10H8N2OS.CH4N2S/c1-2-14-11(13)8-10(12)9-6-4-3-5-7-9;13-9-6-8(11-10(14)12-9)7-4-2-1-3-5-7;2-1(3)4/h3-7H,2,8H2,1H3;1-6H,(H2,11,12,13,14);(H4,2,3,4). The number of ether oxygens (including phenoxy) is 1. The molecule has 0 unspecified atom stereocenters. The first-order valence-electron chi connectivity index (χ1n) is 9.40. The lowest BCUT2D eigenvalue weighted by molar-refractivity contribution is -0.141. The summed E-state index contributed by atoms with van der Waals surface area (Å²) in [5, 5.41) is 0.000000000000000222. The molecule has 0 saturated heterocycles. The number of carbonyl (C=O) groups is 2. The second kappa shape index (κ2) is 14.4. The first-order valence-corrected chi connectivity index (χ1v) is 10.2. The van der Waals surface area contributed by atoms with Crippen LogP contribution in [-0.2, 0) is 9.53 Å². The molecular formula is C22H24N4O4S2. The lowest BCUT2D eigenvalue weighted by atomic mass is 10.1. The summed E-state index contributed by atoms with van der Waals surface area (Å²) in [5.41, 5.74) is 11.3. The summed E-state index contributed by atoms with van der Waals surface area (Å²) in [7, 11) is 0. The SMILES string of the molecule is CCOC(=O)CC(=O)c1ccccc1.NC(N)=S.O=c1cc(-c2ccccc2)[nH]c(=S)[nH]1. The van der Waals surface area contributed by atoms with Gasteiger partial charge in [0.1, 0.15) is 6.42 Å². The molecule has 168 valence electrons. The van der Waals surface area contributed by atoms with Gasteiger partial charge in [-0.05, 0) is 36.9 Å². The van der Waals surface area contributed by atoms with E-state index >= 15 is 0 Å². The zero-order chi connectivity index (χ0) is 23.9. The largest absolute Gasteiger partial charge is 0.466 e. The van der Waals surface area contributed by atoms with Crippen molar-refractivity contribution in [1.29, 1.82) is 0 Å². The quantitative estimate of drug-likeness (QED) is 0.192. The fraction of sp³-hybridized carbons (Fsp3) is 0.136. The molecule has 0 saturated carbocycles. The first-order chi connectivity index (χ1) is 15.2. The Labute approximate surface area is 195 Å². The molecule has 0 aliphatic carbocycles. The minimum atomic E-state index is -0.471. The molecule has 0 amide bonds. The number of thiocarbonyl (C=S) groups is 1. The van der Waals surface area contributed by atoms with Gasteiger partial charge in [0.05, 0.1) is 12.3 Å². The summed E-state index contributed by atoms with van der Waals surface area (Å²) >= 11 is 8.97. The monoisotopic (exact) mass is 472 g/mol. The third kappa shape index (κ3) is 11.0. The molecule has 0 radical (unpaired) electrons. The number of rotatable bonds is 5. The maximum Gasteiger partial charge on any atom is 0.313 e. The van der Waals surface area contributed by atoms with E-state index in [0.29, 0.717) is 16.9 Å². The van der Waals surface area contributed by atoms with Crippen LogP contribution in [0.2, 0.25) is 0 Å². The van der Waals surface area contributed by atoms with Crippen LogP contribution < -0.4 is 17.0 Å². The highest BCUT2D eigenvalue weighted by molar-refractivity contribution is 7.80. The third-order valence-electron chi connectivity index (χ3n) is 3.55. The van der Waals surface area contributed by atoms with E-state index in [1.54, 1.807) is 31.2 Å². The normalized spacial score (nSPS) is 9.28. The van der Waals surface area contributed by atoms with Gasteiger partial charge in [-0.2, -0.15) is 0 Å². The number of hydrogen-bond acceptors (Lipinski definition) is 6. The summed E-state index contributed by atoms with van der Waals surface area (Å²) in [5.74, 6) is -0.676. The van der Waals surface area contributed by atoms with Crippen LogP contribution in [0.15, 0.2) is 71.5 Å². The molecule has 0 aliphatic heterocycles. The van der Waals surface area contributed by atoms with Crippen LogP contribution >= 0.6 is 24.4 Å². The fourth-order valence-electron chi connectivity index (χ4n) is 2.31. The van der Waals surface area contributed by atoms with Crippen LogP contribution in [0, 0.1) is 4.77 Å². The van der Waals surface area contributed by atoms with E-state index in [-0.39, 0.29) is 22.9 Å². The maximum atomic E-state index is 11.4. The van der Waals surface area contributed by atoms with Crippen molar-refractivity contribution < 1.29 is 14.3 Å². The Morgan fingerprint density at radius 3 is 2.00 bits per heavy atom. The minimum Gasteiger partial charge on any atom is -0.466 e. The number of carbonyl (C=O) groups excluding carboxylic acids is 2. The highest BCUT2D eigenvalue weighted by Crippen LogP contribution is 2.13. The molecule has 8 nitrogen and oxygen atoms in total. The molecule has 3 aromatic rings. The fourth-order valence-corrected chi connectivity index (χ4v) is 2.52. The van der Waals surface area contributed by atoms with Crippen molar-refractivity contribution in [2.24, 2.45) is 11.5 Å². The van der Waals surface area contributed by atoms with Gasteiger partial charge in [-0.1, -0.05) is 60.7 Å². The molecule has 10 heteroatoms. The second-order valence-electron chi connectivity index (χ2n) is 6.04. The molecule has 32 heavy (non-hydrogen) atoms. The molecule has 0 spiro atoms. The number of esters is 1. The zero-order valence-electron chi connectivity index (χ0n) is 17.4. The number of ketones is 1. The lowest BCUT2D eigenvalue weighted by Crippen LogP contribution is -2.18. The Balaban J connectivity index is 0.000000275. The summed E-state index contributed by atoms with van der Waals surface area (Å²) in [6.45, 7) is 2.02. The third-order valence-corrected chi connectivity index (χ3v) is 3.76. The molecule has 0 aliphatic rings. The number of hydrogen-bond donors (Lipinski definition) is 4. The van der Waals surface area contributed by atoms with Crippen LogP contribution in [0.25, 0.3) is 11.3 Å². The van der Waals surface area contributed by atoms with Crippen molar-refractivity contribution in [2.75, 3.05) is 6.61 Å². The topological polar surface area (TPSA) is 144 Å². The van der Waals surface area contributed by atoms with E-state index in [1.807, 2.05) is 36.4 Å². The van der Waals surface area contributed by atoms with Crippen LogP contribution in [0.5, 0.6) is 0 Å². The van der Waals surface area contributed by atoms with Crippen LogP contribution in [-0.4, -0.2) is 33.4 Å². The van der Waals surface area contributed by atoms with Crippen molar-refractivity contribution >= 4 is 41.3 Å². The molecule has 3 rings (SSSR count). The summed E-state index contributed by atoms with van der Waals surface area (Å²) in [6, 6.07) is 19.8. The molecule has 0 fully saturated rings. The van der Waals surface area contributed by atoms with Crippen molar-refractivity contribution in [2.45, 2.75) is 13.3 Å². The zero-order valence-corrected chi connectivity index (χ0v) is 19.0. The first kappa shape index (κ1) is 26.4. The number of nitrogens with two attached hydrogens (primary N) is 2. The highest BCUT2D eigenvalue weighted by Gasteiger charge is 2.11. The van der Waals surface area contributed by atoms with Gasteiger partial charge in [-0.3, -0.25) is 19.4 Å². The summed E-state index contributed by atoms with van der Waals surface area (Å²) < 4.78 is 5.02. The van der Waals surface area contributed by atoms with Gasteiger partial charge in [-0.25, -0.2) is 0 Å². The Kier molecular flexibility index (Phi) is 11.9. The van der Waals surface area contributed by atoms with Crippen molar-refractivity contribution in [1.82, 2.24) is 9.97 Å². The molecular weight excluding hydrogens is 448 g/mol.